The van der Waals surface area contributed by atoms with E-state index in [0.29, 0.717) is 35.9 Å². The zero-order valence-electron chi connectivity index (χ0n) is 16.9. The van der Waals surface area contributed by atoms with Crippen molar-refractivity contribution in [3.05, 3.63) is 35.4 Å². The number of ether oxygens (including phenoxy) is 1. The highest BCUT2D eigenvalue weighted by Gasteiger charge is 2.48. The summed E-state index contributed by atoms with van der Waals surface area (Å²) in [4.78, 5) is 3.11. The lowest BCUT2D eigenvalue weighted by Crippen LogP contribution is -2.59. The molecule has 5 aliphatic rings. The van der Waals surface area contributed by atoms with Crippen LogP contribution in [0.2, 0.25) is 0 Å². The van der Waals surface area contributed by atoms with Gasteiger partial charge in [-0.3, -0.25) is 4.90 Å². The zero-order valence-corrected chi connectivity index (χ0v) is 17.7. The van der Waals surface area contributed by atoms with Crippen LogP contribution in [0.4, 0.5) is 0 Å². The van der Waals surface area contributed by atoms with E-state index in [1.165, 1.54) is 31.4 Å². The average Bonchev–Trinajstić information content (AvgIpc) is 3.21. The third kappa shape index (κ3) is 2.90. The van der Waals surface area contributed by atoms with Gasteiger partial charge in [-0.2, -0.15) is 4.31 Å². The molecule has 1 aliphatic carbocycles. The predicted molar refractivity (Wildman–Crippen MR) is 111 cm³/mol. The standard InChI is InChI=1S/C23H30N2O3S/c26-29(27,20-6-7-22-16(14-20)8-11-28-22)25-10-3-4-17-12-18-13-19(23(17)25)15-24-9-2-1-5-21(18)24/h6-7,12,14,18-19,21,23H,1-5,8-11,13,15H2/t18-,19+,21+,23+/m0/s1. The van der Waals surface area contributed by atoms with Gasteiger partial charge in [0.15, 0.2) is 0 Å². The highest BCUT2D eigenvalue weighted by molar-refractivity contribution is 7.89. The molecule has 1 aromatic rings. The molecule has 0 unspecified atom stereocenters. The number of hydrogen-bond donors (Lipinski definition) is 0. The molecule has 3 saturated heterocycles. The summed E-state index contributed by atoms with van der Waals surface area (Å²) >= 11 is 0. The van der Waals surface area contributed by atoms with E-state index in [2.05, 4.69) is 11.0 Å². The molecule has 4 atom stereocenters. The van der Waals surface area contributed by atoms with Crippen LogP contribution in [-0.4, -0.2) is 55.9 Å². The number of nitrogens with zero attached hydrogens (tertiary/aromatic N) is 2. The first kappa shape index (κ1) is 18.4. The Morgan fingerprint density at radius 3 is 2.93 bits per heavy atom. The fourth-order valence-electron chi connectivity index (χ4n) is 6.65. The van der Waals surface area contributed by atoms with E-state index in [1.807, 2.05) is 16.4 Å². The van der Waals surface area contributed by atoms with Crippen LogP contribution < -0.4 is 4.74 Å². The molecule has 5 nitrogen and oxygen atoms in total. The Labute approximate surface area is 173 Å². The molecule has 0 saturated carbocycles. The molecule has 2 bridgehead atoms. The molecular weight excluding hydrogens is 384 g/mol. The molecule has 6 rings (SSSR count). The highest BCUT2D eigenvalue weighted by Crippen LogP contribution is 2.46. The summed E-state index contributed by atoms with van der Waals surface area (Å²) < 4.78 is 34.9. The van der Waals surface area contributed by atoms with E-state index in [-0.39, 0.29) is 6.04 Å². The molecule has 0 spiro atoms. The van der Waals surface area contributed by atoms with E-state index in [9.17, 15) is 8.42 Å². The van der Waals surface area contributed by atoms with Crippen molar-refractivity contribution in [2.45, 2.75) is 61.9 Å². The first-order valence-corrected chi connectivity index (χ1v) is 12.8. The maximum Gasteiger partial charge on any atom is 0.243 e. The van der Waals surface area contributed by atoms with Gasteiger partial charge in [0.25, 0.3) is 0 Å². The monoisotopic (exact) mass is 414 g/mol. The van der Waals surface area contributed by atoms with Crippen LogP contribution in [0.3, 0.4) is 0 Å². The predicted octanol–water partition coefficient (Wildman–Crippen LogP) is 3.21. The molecule has 3 fully saturated rings. The topological polar surface area (TPSA) is 49.9 Å². The summed E-state index contributed by atoms with van der Waals surface area (Å²) in [7, 11) is -3.50. The Kier molecular flexibility index (Phi) is 4.33. The van der Waals surface area contributed by atoms with Crippen molar-refractivity contribution in [2.75, 3.05) is 26.2 Å². The normalized spacial score (nSPS) is 34.6. The average molecular weight is 415 g/mol. The molecule has 4 heterocycles. The zero-order chi connectivity index (χ0) is 19.6. The van der Waals surface area contributed by atoms with Gasteiger partial charge in [0.1, 0.15) is 5.75 Å². The van der Waals surface area contributed by atoms with Crippen molar-refractivity contribution in [3.63, 3.8) is 0 Å². The molecule has 1 aromatic carbocycles. The molecule has 0 radical (unpaired) electrons. The van der Waals surface area contributed by atoms with Crippen LogP contribution >= 0.6 is 0 Å². The first-order chi connectivity index (χ1) is 14.1. The Balaban J connectivity index is 1.36. The Morgan fingerprint density at radius 2 is 2.00 bits per heavy atom. The molecular formula is C23H30N2O3S. The van der Waals surface area contributed by atoms with Crippen molar-refractivity contribution < 1.29 is 13.2 Å². The smallest absolute Gasteiger partial charge is 0.243 e. The van der Waals surface area contributed by atoms with Crippen LogP contribution in [0.5, 0.6) is 5.75 Å². The third-order valence-electron chi connectivity index (χ3n) is 7.88. The minimum Gasteiger partial charge on any atom is -0.493 e. The van der Waals surface area contributed by atoms with Gasteiger partial charge >= 0.3 is 0 Å². The summed E-state index contributed by atoms with van der Waals surface area (Å²) in [5.41, 5.74) is 2.42. The SMILES string of the molecule is O=S(=O)(c1ccc2c(c1)CCO2)N1CCCC2=C[C@H]3C[C@H](CN4CCCC[C@H]34)[C@@H]21. The van der Waals surface area contributed by atoms with Gasteiger partial charge in [-0.1, -0.05) is 18.1 Å². The third-order valence-corrected chi connectivity index (χ3v) is 9.76. The fourth-order valence-corrected chi connectivity index (χ4v) is 8.43. The van der Waals surface area contributed by atoms with Gasteiger partial charge < -0.3 is 4.74 Å². The summed E-state index contributed by atoms with van der Waals surface area (Å²) in [5, 5.41) is 0. The summed E-state index contributed by atoms with van der Waals surface area (Å²) in [6.07, 6.45) is 10.4. The van der Waals surface area contributed by atoms with Gasteiger partial charge in [-0.15, -0.1) is 0 Å². The maximum atomic E-state index is 13.7. The molecule has 0 N–H and O–H groups in total. The minimum absolute atomic E-state index is 0.0531. The largest absolute Gasteiger partial charge is 0.493 e. The van der Waals surface area contributed by atoms with Crippen LogP contribution in [0.25, 0.3) is 0 Å². The fraction of sp³-hybridized carbons (Fsp3) is 0.652. The lowest BCUT2D eigenvalue weighted by atomic mass is 9.68. The van der Waals surface area contributed by atoms with Gasteiger partial charge in [0.05, 0.1) is 17.5 Å². The maximum absolute atomic E-state index is 13.7. The van der Waals surface area contributed by atoms with Crippen molar-refractivity contribution >= 4 is 10.0 Å². The van der Waals surface area contributed by atoms with E-state index < -0.39 is 10.0 Å². The summed E-state index contributed by atoms with van der Waals surface area (Å²) in [6.45, 7) is 3.54. The van der Waals surface area contributed by atoms with Gasteiger partial charge in [0.2, 0.25) is 10.0 Å². The second kappa shape index (κ2) is 6.82. The first-order valence-electron chi connectivity index (χ1n) is 11.3. The number of rotatable bonds is 2. The van der Waals surface area contributed by atoms with Crippen molar-refractivity contribution in [1.29, 1.82) is 0 Å². The Hall–Kier alpha value is -1.37. The van der Waals surface area contributed by atoms with Crippen LogP contribution in [0.1, 0.15) is 44.1 Å². The number of fused-ring (bicyclic) bond motifs is 7. The van der Waals surface area contributed by atoms with E-state index in [1.54, 1.807) is 6.07 Å². The minimum atomic E-state index is -3.50. The quantitative estimate of drug-likeness (QED) is 0.698. The molecule has 4 aliphatic heterocycles. The van der Waals surface area contributed by atoms with Crippen molar-refractivity contribution in [2.24, 2.45) is 11.8 Å². The Morgan fingerprint density at radius 1 is 1.07 bits per heavy atom. The van der Waals surface area contributed by atoms with E-state index in [4.69, 9.17) is 4.74 Å². The van der Waals surface area contributed by atoms with Gasteiger partial charge in [-0.25, -0.2) is 8.42 Å². The van der Waals surface area contributed by atoms with Gasteiger partial charge in [-0.05, 0) is 74.2 Å². The van der Waals surface area contributed by atoms with Crippen LogP contribution in [-0.2, 0) is 16.4 Å². The number of sulfonamides is 1. The molecule has 6 heteroatoms. The van der Waals surface area contributed by atoms with E-state index >= 15 is 0 Å². The summed E-state index contributed by atoms with van der Waals surface area (Å²) in [6, 6.07) is 6.17. The number of benzene rings is 1. The van der Waals surface area contributed by atoms with Crippen molar-refractivity contribution in [1.82, 2.24) is 9.21 Å². The summed E-state index contributed by atoms with van der Waals surface area (Å²) in [5.74, 6) is 1.90. The highest BCUT2D eigenvalue weighted by atomic mass is 32.2. The Bertz CT molecular complexity index is 957. The molecule has 156 valence electrons. The molecule has 0 amide bonds. The van der Waals surface area contributed by atoms with Crippen LogP contribution in [0, 0.1) is 11.8 Å². The second-order valence-electron chi connectivity index (χ2n) is 9.49. The lowest BCUT2D eigenvalue weighted by molar-refractivity contribution is 0.0149. The second-order valence-corrected chi connectivity index (χ2v) is 11.4. The number of hydrogen-bond acceptors (Lipinski definition) is 4. The van der Waals surface area contributed by atoms with Gasteiger partial charge in [0, 0.05) is 25.6 Å². The van der Waals surface area contributed by atoms with E-state index in [0.717, 1.165) is 43.5 Å². The van der Waals surface area contributed by atoms with Crippen molar-refractivity contribution in [3.8, 4) is 5.75 Å². The van der Waals surface area contributed by atoms with Crippen LogP contribution in [0.15, 0.2) is 34.7 Å². The molecule has 29 heavy (non-hydrogen) atoms. The number of piperidine rings is 3. The lowest BCUT2D eigenvalue weighted by Gasteiger charge is -2.54. The molecule has 0 aromatic heterocycles.